The molecule has 7 nitrogen and oxygen atoms in total. The van der Waals surface area contributed by atoms with E-state index < -0.39 is 11.8 Å². The van der Waals surface area contributed by atoms with Crippen LogP contribution in [0.3, 0.4) is 0 Å². The molecule has 0 bridgehead atoms. The molecule has 4 amide bonds. The Hall–Kier alpha value is -4.26. The Morgan fingerprint density at radius 1 is 0.844 bits per heavy atom. The van der Waals surface area contributed by atoms with Gasteiger partial charge in [-0.25, -0.2) is 0 Å². The molecule has 2 aliphatic heterocycles. The first-order valence-electron chi connectivity index (χ1n) is 10.2. The number of benzene rings is 3. The van der Waals surface area contributed by atoms with Gasteiger partial charge in [-0.05, 0) is 54.4 Å². The summed E-state index contributed by atoms with van der Waals surface area (Å²) in [6, 6.07) is 19.0. The third kappa shape index (κ3) is 3.15. The van der Waals surface area contributed by atoms with E-state index in [0.717, 1.165) is 22.6 Å². The number of rotatable bonds is 3. The van der Waals surface area contributed by atoms with Gasteiger partial charge in [0.2, 0.25) is 0 Å². The van der Waals surface area contributed by atoms with Crippen molar-refractivity contribution < 1.29 is 19.2 Å². The molecule has 0 radical (unpaired) electrons. The summed E-state index contributed by atoms with van der Waals surface area (Å²) in [6.45, 7) is 0.616. The first-order chi connectivity index (χ1) is 15.4. The molecule has 3 aromatic carbocycles. The van der Waals surface area contributed by atoms with Crippen LogP contribution in [0.25, 0.3) is 0 Å². The Kier molecular flexibility index (Phi) is 4.59. The zero-order valence-corrected chi connectivity index (χ0v) is 17.3. The average molecular weight is 425 g/mol. The minimum absolute atomic E-state index is 0.129. The van der Waals surface area contributed by atoms with Gasteiger partial charge in [-0.2, -0.15) is 0 Å². The number of anilines is 2. The van der Waals surface area contributed by atoms with Gasteiger partial charge < -0.3 is 10.2 Å². The number of nitrogens with zero attached hydrogens (tertiary/aromatic N) is 2. The fraction of sp³-hybridized carbons (Fsp3) is 0.120. The number of hydrogen-bond acceptors (Lipinski definition) is 4. The van der Waals surface area contributed by atoms with Crippen molar-refractivity contribution in [3.05, 3.63) is 94.5 Å². The number of fused-ring (bicyclic) bond motifs is 2. The molecule has 158 valence electrons. The largest absolute Gasteiger partial charge is 0.322 e. The summed E-state index contributed by atoms with van der Waals surface area (Å²) >= 11 is 0. The average Bonchev–Trinajstić information content (AvgIpc) is 3.34. The van der Waals surface area contributed by atoms with Crippen molar-refractivity contribution in [3.63, 3.8) is 0 Å². The van der Waals surface area contributed by atoms with Crippen molar-refractivity contribution in [1.82, 2.24) is 4.90 Å². The Morgan fingerprint density at radius 3 is 2.47 bits per heavy atom. The molecule has 0 atom stereocenters. The van der Waals surface area contributed by atoms with Gasteiger partial charge in [0, 0.05) is 36.1 Å². The van der Waals surface area contributed by atoms with Crippen LogP contribution in [0.2, 0.25) is 0 Å². The molecule has 2 heterocycles. The van der Waals surface area contributed by atoms with Crippen molar-refractivity contribution in [2.45, 2.75) is 6.42 Å². The van der Waals surface area contributed by atoms with E-state index in [2.05, 4.69) is 5.32 Å². The fourth-order valence-corrected chi connectivity index (χ4v) is 4.14. The lowest BCUT2D eigenvalue weighted by molar-refractivity contribution is 0.0692. The van der Waals surface area contributed by atoms with E-state index in [1.807, 2.05) is 24.3 Å². The van der Waals surface area contributed by atoms with E-state index in [0.29, 0.717) is 17.8 Å². The zero-order chi connectivity index (χ0) is 22.4. The topological polar surface area (TPSA) is 86.8 Å². The lowest BCUT2D eigenvalue weighted by Gasteiger charge is -2.18. The summed E-state index contributed by atoms with van der Waals surface area (Å²) in [5, 5.41) is 2.77. The van der Waals surface area contributed by atoms with Crippen LogP contribution in [0.4, 0.5) is 11.4 Å². The first-order valence-corrected chi connectivity index (χ1v) is 10.2. The highest BCUT2D eigenvalue weighted by Crippen LogP contribution is 2.29. The normalized spacial score (nSPS) is 14.4. The van der Waals surface area contributed by atoms with E-state index in [4.69, 9.17) is 0 Å². The van der Waals surface area contributed by atoms with E-state index in [1.54, 1.807) is 29.2 Å². The molecule has 7 heteroatoms. The van der Waals surface area contributed by atoms with Crippen LogP contribution in [-0.4, -0.2) is 42.1 Å². The van der Waals surface area contributed by atoms with Gasteiger partial charge in [0.05, 0.1) is 11.1 Å². The molecule has 0 fully saturated rings. The second-order valence-electron chi connectivity index (χ2n) is 7.80. The van der Waals surface area contributed by atoms with Crippen molar-refractivity contribution in [2.75, 3.05) is 23.8 Å². The van der Waals surface area contributed by atoms with Gasteiger partial charge in [0.15, 0.2) is 0 Å². The molecule has 2 aliphatic rings. The third-order valence-electron chi connectivity index (χ3n) is 5.85. The smallest absolute Gasteiger partial charge is 0.261 e. The highest BCUT2D eigenvalue weighted by molar-refractivity contribution is 6.22. The summed E-state index contributed by atoms with van der Waals surface area (Å²) in [5.74, 6) is -1.38. The van der Waals surface area contributed by atoms with E-state index in [1.165, 1.54) is 25.2 Å². The Balaban J connectivity index is 1.36. The van der Waals surface area contributed by atoms with Gasteiger partial charge in [-0.15, -0.1) is 0 Å². The molecule has 0 spiro atoms. The highest BCUT2D eigenvalue weighted by atomic mass is 16.2. The van der Waals surface area contributed by atoms with Crippen LogP contribution >= 0.6 is 0 Å². The predicted octanol–water partition coefficient (Wildman–Crippen LogP) is 3.37. The minimum atomic E-state index is -0.432. The molecule has 5 rings (SSSR count). The maximum absolute atomic E-state index is 13.1. The Bertz CT molecular complexity index is 1310. The predicted molar refractivity (Wildman–Crippen MR) is 119 cm³/mol. The van der Waals surface area contributed by atoms with Gasteiger partial charge >= 0.3 is 0 Å². The molecule has 0 aliphatic carbocycles. The number of carbonyl (C=O) groups is 4. The maximum Gasteiger partial charge on any atom is 0.261 e. The maximum atomic E-state index is 13.1. The van der Waals surface area contributed by atoms with E-state index >= 15 is 0 Å². The molecule has 32 heavy (non-hydrogen) atoms. The van der Waals surface area contributed by atoms with Crippen LogP contribution in [0.1, 0.15) is 47.0 Å². The van der Waals surface area contributed by atoms with Crippen molar-refractivity contribution in [3.8, 4) is 0 Å². The van der Waals surface area contributed by atoms with Crippen LogP contribution in [0, 0.1) is 0 Å². The molecule has 3 aromatic rings. The summed E-state index contributed by atoms with van der Waals surface area (Å²) in [4.78, 5) is 52.9. The molecule has 1 N–H and O–H groups in total. The van der Waals surface area contributed by atoms with Gasteiger partial charge in [0.1, 0.15) is 0 Å². The second-order valence-corrected chi connectivity index (χ2v) is 7.80. The molecular formula is C25H19N3O4. The van der Waals surface area contributed by atoms with Crippen LogP contribution in [0.5, 0.6) is 0 Å². The molecule has 0 aromatic heterocycles. The lowest BCUT2D eigenvalue weighted by Crippen LogP contribution is -2.28. The van der Waals surface area contributed by atoms with Crippen molar-refractivity contribution in [2.24, 2.45) is 0 Å². The number of amides is 4. The standard InChI is InChI=1S/C25H19N3O4/c1-27-24(31)19-10-9-16(14-20(19)25(27)32)22(29)26-18-7-4-6-17(13-18)23(30)28-12-11-15-5-2-3-8-21(15)28/h2-10,13-14H,11-12H2,1H3,(H,26,29). The van der Waals surface area contributed by atoms with Crippen LogP contribution in [-0.2, 0) is 6.42 Å². The van der Waals surface area contributed by atoms with E-state index in [-0.39, 0.29) is 28.5 Å². The quantitative estimate of drug-likeness (QED) is 0.652. The van der Waals surface area contributed by atoms with Crippen LogP contribution < -0.4 is 10.2 Å². The lowest BCUT2D eigenvalue weighted by atomic mass is 10.1. The molecule has 0 saturated heterocycles. The number of imide groups is 1. The summed E-state index contributed by atoms with van der Waals surface area (Å²) in [7, 11) is 1.41. The van der Waals surface area contributed by atoms with Crippen LogP contribution in [0.15, 0.2) is 66.7 Å². The number of nitrogens with one attached hydrogen (secondary N) is 1. The second kappa shape index (κ2) is 7.46. The fourth-order valence-electron chi connectivity index (χ4n) is 4.14. The monoisotopic (exact) mass is 425 g/mol. The summed E-state index contributed by atoms with van der Waals surface area (Å²) in [6.07, 6.45) is 0.813. The summed E-state index contributed by atoms with van der Waals surface area (Å²) < 4.78 is 0. The third-order valence-corrected chi connectivity index (χ3v) is 5.85. The SMILES string of the molecule is CN1C(=O)c2ccc(C(=O)Nc3cccc(C(=O)N4CCc5ccccc54)c3)cc2C1=O. The first kappa shape index (κ1) is 19.7. The Morgan fingerprint density at radius 2 is 1.62 bits per heavy atom. The van der Waals surface area contributed by atoms with Crippen molar-refractivity contribution in [1.29, 1.82) is 0 Å². The highest BCUT2D eigenvalue weighted by Gasteiger charge is 2.33. The number of hydrogen-bond donors (Lipinski definition) is 1. The van der Waals surface area contributed by atoms with Gasteiger partial charge in [-0.1, -0.05) is 24.3 Å². The minimum Gasteiger partial charge on any atom is -0.322 e. The summed E-state index contributed by atoms with van der Waals surface area (Å²) in [5.41, 5.74) is 3.73. The molecule has 0 saturated carbocycles. The molecule has 0 unspecified atom stereocenters. The van der Waals surface area contributed by atoms with Gasteiger partial charge in [-0.3, -0.25) is 24.1 Å². The molecular weight excluding hydrogens is 406 g/mol. The number of carbonyl (C=O) groups excluding carboxylic acids is 4. The number of para-hydroxylation sites is 1. The van der Waals surface area contributed by atoms with E-state index in [9.17, 15) is 19.2 Å². The van der Waals surface area contributed by atoms with Crippen molar-refractivity contribution >= 4 is 35.0 Å². The zero-order valence-electron chi connectivity index (χ0n) is 17.3. The van der Waals surface area contributed by atoms with Gasteiger partial charge in [0.25, 0.3) is 23.6 Å². The Labute approximate surface area is 184 Å².